The molecule has 59 heavy (non-hydrogen) atoms. The lowest BCUT2D eigenvalue weighted by molar-refractivity contribution is -0.461. The Morgan fingerprint density at radius 3 is 1.63 bits per heavy atom. The number of alkyl halides is 17. The number of aliphatic hydroxyl groups is 1. The molecule has 6 nitrogen and oxygen atoms in total. The van der Waals surface area contributed by atoms with Gasteiger partial charge in [-0.1, -0.05) is 58.1 Å². The molecule has 0 heterocycles. The van der Waals surface area contributed by atoms with Crippen molar-refractivity contribution < 1.29 is 103 Å². The molecule has 0 radical (unpaired) electrons. The van der Waals surface area contributed by atoms with E-state index in [1.165, 1.54) is 77.3 Å². The van der Waals surface area contributed by atoms with Gasteiger partial charge in [0.25, 0.3) is 0 Å². The van der Waals surface area contributed by atoms with Crippen LogP contribution in [0.15, 0.2) is 48.6 Å². The maximum Gasteiger partial charge on any atom is 0.460 e. The van der Waals surface area contributed by atoms with E-state index in [2.05, 4.69) is 0 Å². The first kappa shape index (κ1) is 53.9. The summed E-state index contributed by atoms with van der Waals surface area (Å²) in [6.07, 6.45) is -6.31. The summed E-state index contributed by atoms with van der Waals surface area (Å²) in [5.41, 5.74) is -1.36. The zero-order chi connectivity index (χ0) is 46.3. The first-order chi connectivity index (χ1) is 26.6. The SMILES string of the molecule is CCOC(=O)/C=C/C=C/C[C@@H](OC)[C@H](O)c1ccc(OCCO[Si](CCC(F)(F)C(F)(F)C(F)(F)C(F)(F)C(F)(F)C(F)(F)C(F)(F)C(F)(F)F)(C(C)C)C(C)C)cc1. The molecule has 1 rings (SSSR count). The summed E-state index contributed by atoms with van der Waals surface area (Å²) in [5, 5.41) is 10.7. The molecule has 0 unspecified atom stereocenters. The van der Waals surface area contributed by atoms with Crippen LogP contribution in [0.25, 0.3) is 0 Å². The van der Waals surface area contributed by atoms with Gasteiger partial charge in [-0.2, -0.15) is 74.6 Å². The van der Waals surface area contributed by atoms with Gasteiger partial charge in [-0.25, -0.2) is 4.79 Å². The molecule has 0 fully saturated rings. The molecule has 0 saturated carbocycles. The predicted molar refractivity (Wildman–Crippen MR) is 179 cm³/mol. The van der Waals surface area contributed by atoms with Crippen molar-refractivity contribution >= 4 is 14.3 Å². The molecule has 2 atom stereocenters. The summed E-state index contributed by atoms with van der Waals surface area (Å²) in [6.45, 7) is 6.23. The van der Waals surface area contributed by atoms with Crippen molar-refractivity contribution in [3.8, 4) is 5.75 Å². The molecule has 0 aliphatic heterocycles. The number of methoxy groups -OCH3 is 1. The van der Waals surface area contributed by atoms with E-state index in [-0.39, 0.29) is 25.4 Å². The van der Waals surface area contributed by atoms with Crippen LogP contribution in [0.3, 0.4) is 0 Å². The first-order valence-electron chi connectivity index (χ1n) is 17.4. The van der Waals surface area contributed by atoms with Gasteiger partial charge in [-0.05, 0) is 48.2 Å². The molecule has 24 heteroatoms. The van der Waals surface area contributed by atoms with E-state index in [0.717, 1.165) is 0 Å². The lowest BCUT2D eigenvalue weighted by atomic mass is 9.88. The van der Waals surface area contributed by atoms with Gasteiger partial charge in [0.05, 0.1) is 19.3 Å². The maximum absolute atomic E-state index is 14.9. The highest BCUT2D eigenvalue weighted by Gasteiger charge is 2.95. The van der Waals surface area contributed by atoms with E-state index in [4.69, 9.17) is 18.6 Å². The monoisotopic (exact) mass is 910 g/mol. The molecular weight excluding hydrogens is 867 g/mol. The highest BCUT2D eigenvalue weighted by molar-refractivity contribution is 6.76. The molecule has 0 spiro atoms. The Labute approximate surface area is 328 Å². The second kappa shape index (κ2) is 19.7. The second-order valence-corrected chi connectivity index (χ2v) is 18.7. The fourth-order valence-electron chi connectivity index (χ4n) is 5.69. The number of carbonyl (C=O) groups excluding carboxylic acids is 1. The molecule has 342 valence electrons. The number of esters is 1. The minimum absolute atomic E-state index is 0.147. The predicted octanol–water partition coefficient (Wildman–Crippen LogP) is 11.4. The number of aliphatic hydroxyl groups excluding tert-OH is 1. The Morgan fingerprint density at radius 2 is 1.19 bits per heavy atom. The number of rotatable bonds is 24. The highest BCUT2D eigenvalue weighted by atomic mass is 28.4. The van der Waals surface area contributed by atoms with E-state index in [0.29, 0.717) is 5.56 Å². The molecule has 0 bridgehead atoms. The van der Waals surface area contributed by atoms with Gasteiger partial charge in [0.2, 0.25) is 0 Å². The third-order valence-electron chi connectivity index (χ3n) is 9.31. The van der Waals surface area contributed by atoms with E-state index in [9.17, 15) is 84.5 Å². The van der Waals surface area contributed by atoms with E-state index in [1.54, 1.807) is 13.0 Å². The van der Waals surface area contributed by atoms with Crippen molar-refractivity contribution in [1.29, 1.82) is 0 Å². The van der Waals surface area contributed by atoms with Gasteiger partial charge in [0, 0.05) is 19.6 Å². The van der Waals surface area contributed by atoms with Crippen LogP contribution in [-0.2, 0) is 18.7 Å². The maximum atomic E-state index is 14.9. The third kappa shape index (κ3) is 11.0. The lowest BCUT2D eigenvalue weighted by Gasteiger charge is -2.44. The smallest absolute Gasteiger partial charge is 0.460 e. The summed E-state index contributed by atoms with van der Waals surface area (Å²) in [4.78, 5) is 11.3. The quantitative estimate of drug-likeness (QED) is 0.0278. The van der Waals surface area contributed by atoms with Crippen LogP contribution in [0.5, 0.6) is 5.75 Å². The van der Waals surface area contributed by atoms with Crippen molar-refractivity contribution in [3.05, 3.63) is 54.1 Å². The molecule has 1 aromatic carbocycles. The molecular formula is C35H43F17O6Si. The van der Waals surface area contributed by atoms with Crippen molar-refractivity contribution in [1.82, 2.24) is 0 Å². The van der Waals surface area contributed by atoms with Crippen LogP contribution < -0.4 is 4.74 Å². The van der Waals surface area contributed by atoms with Gasteiger partial charge in [0.15, 0.2) is 8.32 Å². The van der Waals surface area contributed by atoms with Gasteiger partial charge < -0.3 is 23.7 Å². The third-order valence-corrected chi connectivity index (χ3v) is 15.0. The average Bonchev–Trinajstić information content (AvgIpc) is 3.11. The number of halogens is 17. The Bertz CT molecular complexity index is 1540. The van der Waals surface area contributed by atoms with Gasteiger partial charge >= 0.3 is 53.6 Å². The number of ether oxygens (including phenoxy) is 3. The van der Waals surface area contributed by atoms with Crippen molar-refractivity contribution in [3.63, 3.8) is 0 Å². The minimum Gasteiger partial charge on any atom is -0.491 e. The van der Waals surface area contributed by atoms with Crippen LogP contribution in [-0.4, -0.2) is 100 Å². The van der Waals surface area contributed by atoms with Crippen LogP contribution in [0.1, 0.15) is 59.1 Å². The Morgan fingerprint density at radius 1 is 0.712 bits per heavy atom. The second-order valence-electron chi connectivity index (χ2n) is 13.7. The first-order valence-corrected chi connectivity index (χ1v) is 19.7. The van der Waals surface area contributed by atoms with E-state index >= 15 is 0 Å². The number of carbonyl (C=O) groups is 1. The van der Waals surface area contributed by atoms with E-state index in [1.807, 2.05) is 0 Å². The minimum atomic E-state index is -8.68. The van der Waals surface area contributed by atoms with Gasteiger partial charge in [-0.15, -0.1) is 0 Å². The fraction of sp³-hybridized carbons (Fsp3) is 0.686. The zero-order valence-electron chi connectivity index (χ0n) is 32.1. The zero-order valence-corrected chi connectivity index (χ0v) is 33.1. The highest BCUT2D eigenvalue weighted by Crippen LogP contribution is 2.64. The summed E-state index contributed by atoms with van der Waals surface area (Å²) >= 11 is 0. The number of allylic oxidation sites excluding steroid dienone is 2. The Kier molecular flexibility index (Phi) is 18.0. The van der Waals surface area contributed by atoms with Crippen molar-refractivity contribution in [2.75, 3.05) is 26.9 Å². The summed E-state index contributed by atoms with van der Waals surface area (Å²) < 4.78 is 256. The molecule has 0 saturated heterocycles. The summed E-state index contributed by atoms with van der Waals surface area (Å²) in [7, 11) is -2.62. The number of benzene rings is 1. The summed E-state index contributed by atoms with van der Waals surface area (Å²) in [5.74, 6) is -57.1. The Balaban J connectivity index is 3.16. The number of hydrogen-bond donors (Lipinski definition) is 1. The van der Waals surface area contributed by atoms with Crippen LogP contribution in [0, 0.1) is 0 Å². The summed E-state index contributed by atoms with van der Waals surface area (Å²) in [6, 6.07) is 4.36. The largest absolute Gasteiger partial charge is 0.491 e. The van der Waals surface area contributed by atoms with Crippen LogP contribution >= 0.6 is 0 Å². The molecule has 0 aromatic heterocycles. The molecule has 0 amide bonds. The van der Waals surface area contributed by atoms with Crippen molar-refractivity contribution in [2.24, 2.45) is 0 Å². The molecule has 0 aliphatic carbocycles. The van der Waals surface area contributed by atoms with Crippen LogP contribution in [0.2, 0.25) is 17.1 Å². The standard InChI is InChI=1S/C35H43F17O6Si/c1-7-56-26(53)12-10-8-9-11-25(55-6)27(54)23-13-15-24(16-14-23)57-18-19-58-59(21(2)3,22(4)5)20-17-28(36,37)29(38,39)30(40,41)31(42,43)32(44,45)33(46,47)34(48,49)35(50,51)52/h8-10,12-16,21-22,25,27,54H,7,11,17-20H2,1-6H3/b9-8+,12-10+/t25-,27-/m1/s1. The molecule has 1 aromatic rings. The Hall–Kier alpha value is -3.12. The topological polar surface area (TPSA) is 74.2 Å². The van der Waals surface area contributed by atoms with Gasteiger partial charge in [0.1, 0.15) is 18.5 Å². The molecule has 0 aliphatic rings. The van der Waals surface area contributed by atoms with Crippen molar-refractivity contribution in [2.45, 2.75) is 124 Å². The molecule has 1 N–H and O–H groups in total. The number of hydrogen-bond acceptors (Lipinski definition) is 6. The fourth-order valence-corrected chi connectivity index (χ4v) is 10.2. The average molecular weight is 911 g/mol. The van der Waals surface area contributed by atoms with Gasteiger partial charge in [-0.3, -0.25) is 0 Å². The normalized spacial score (nSPS) is 15.8. The van der Waals surface area contributed by atoms with E-state index < -0.39 is 104 Å². The van der Waals surface area contributed by atoms with Crippen LogP contribution in [0.4, 0.5) is 74.6 Å². The lowest BCUT2D eigenvalue weighted by Crippen LogP contribution is -2.74.